The number of carboxylic acids is 2. The summed E-state index contributed by atoms with van der Waals surface area (Å²) in [4.78, 5) is 24.1. The number of rotatable bonds is 5. The third kappa shape index (κ3) is 3.47. The van der Waals surface area contributed by atoms with Crippen LogP contribution in [0.1, 0.15) is 20.7 Å². The van der Waals surface area contributed by atoms with Gasteiger partial charge in [-0.05, 0) is 33.9 Å². The fourth-order valence-corrected chi connectivity index (χ4v) is 3.71. The maximum Gasteiger partial charge on any atom is 0.337 e. The van der Waals surface area contributed by atoms with Crippen LogP contribution in [0.5, 0.6) is 0 Å². The maximum atomic E-state index is 12.3. The van der Waals surface area contributed by atoms with Crippen LogP contribution in [0.15, 0.2) is 97.1 Å². The number of hydrogen-bond acceptors (Lipinski definition) is 2. The lowest BCUT2D eigenvalue weighted by atomic mass is 9.84. The Bertz CT molecular complexity index is 1230. The van der Waals surface area contributed by atoms with Crippen molar-refractivity contribution >= 4 is 11.9 Å². The fourth-order valence-electron chi connectivity index (χ4n) is 3.71. The lowest BCUT2D eigenvalue weighted by Gasteiger charge is -2.18. The van der Waals surface area contributed by atoms with Gasteiger partial charge in [-0.25, -0.2) is 9.59 Å². The van der Waals surface area contributed by atoms with E-state index < -0.39 is 11.9 Å². The Labute approximate surface area is 173 Å². The normalized spacial score (nSPS) is 10.5. The van der Waals surface area contributed by atoms with E-state index in [1.165, 1.54) is 6.07 Å². The summed E-state index contributed by atoms with van der Waals surface area (Å²) >= 11 is 0. The number of carbonyl (C=O) groups is 2. The minimum Gasteiger partial charge on any atom is -0.478 e. The lowest BCUT2D eigenvalue weighted by molar-refractivity contribution is 0.0652. The molecule has 0 fully saturated rings. The van der Waals surface area contributed by atoms with Gasteiger partial charge in [-0.1, -0.05) is 91.0 Å². The molecule has 0 spiro atoms. The zero-order chi connectivity index (χ0) is 21.1. The molecular formula is C26H18O4. The molecule has 0 aliphatic carbocycles. The molecular weight excluding hydrogens is 376 g/mol. The van der Waals surface area contributed by atoms with Gasteiger partial charge in [0.2, 0.25) is 0 Å². The molecule has 0 unspecified atom stereocenters. The third-order valence-electron chi connectivity index (χ3n) is 5.02. The highest BCUT2D eigenvalue weighted by molar-refractivity contribution is 6.11. The first-order valence-electron chi connectivity index (χ1n) is 9.41. The molecule has 0 atom stereocenters. The standard InChI is InChI=1S/C26H18O4/c27-25(28)22-16-15-20(18-11-5-2-6-12-18)23(24(22)26(29)30)21-14-8-7-13-19(21)17-9-3-1-4-10-17/h1-16H,(H,27,28)(H,29,30). The molecule has 4 aromatic rings. The molecule has 4 nitrogen and oxygen atoms in total. The predicted octanol–water partition coefficient (Wildman–Crippen LogP) is 6.08. The molecule has 0 aliphatic rings. The first-order chi connectivity index (χ1) is 14.6. The Morgan fingerprint density at radius 1 is 0.500 bits per heavy atom. The second kappa shape index (κ2) is 8.05. The van der Waals surface area contributed by atoms with Crippen molar-refractivity contribution < 1.29 is 19.8 Å². The summed E-state index contributed by atoms with van der Waals surface area (Å²) in [6.07, 6.45) is 0. The van der Waals surface area contributed by atoms with Crippen LogP contribution in [-0.4, -0.2) is 22.2 Å². The van der Waals surface area contributed by atoms with E-state index in [1.807, 2.05) is 84.9 Å². The summed E-state index contributed by atoms with van der Waals surface area (Å²) in [7, 11) is 0. The average molecular weight is 394 g/mol. The van der Waals surface area contributed by atoms with E-state index >= 15 is 0 Å². The van der Waals surface area contributed by atoms with Crippen molar-refractivity contribution in [2.24, 2.45) is 0 Å². The van der Waals surface area contributed by atoms with Gasteiger partial charge in [0.05, 0.1) is 11.1 Å². The van der Waals surface area contributed by atoms with Crippen LogP contribution in [0.4, 0.5) is 0 Å². The third-order valence-corrected chi connectivity index (χ3v) is 5.02. The fraction of sp³-hybridized carbons (Fsp3) is 0. The highest BCUT2D eigenvalue weighted by Crippen LogP contribution is 2.41. The Kier molecular flexibility index (Phi) is 5.14. The average Bonchev–Trinajstić information content (AvgIpc) is 2.79. The van der Waals surface area contributed by atoms with Crippen molar-refractivity contribution in [3.8, 4) is 33.4 Å². The highest BCUT2D eigenvalue weighted by Gasteiger charge is 2.26. The van der Waals surface area contributed by atoms with Crippen molar-refractivity contribution in [2.45, 2.75) is 0 Å². The van der Waals surface area contributed by atoms with Crippen molar-refractivity contribution in [3.63, 3.8) is 0 Å². The summed E-state index contributed by atoms with van der Waals surface area (Å²) in [6.45, 7) is 0. The van der Waals surface area contributed by atoms with Gasteiger partial charge in [0.15, 0.2) is 0 Å². The van der Waals surface area contributed by atoms with E-state index in [2.05, 4.69) is 0 Å². The van der Waals surface area contributed by atoms with E-state index in [0.717, 1.165) is 16.7 Å². The van der Waals surface area contributed by atoms with E-state index in [-0.39, 0.29) is 11.1 Å². The molecule has 0 bridgehead atoms. The number of carboxylic acid groups (broad SMARTS) is 2. The Morgan fingerprint density at radius 3 is 1.53 bits per heavy atom. The largest absolute Gasteiger partial charge is 0.478 e. The lowest BCUT2D eigenvalue weighted by Crippen LogP contribution is -2.11. The second-order valence-corrected chi connectivity index (χ2v) is 6.80. The van der Waals surface area contributed by atoms with Gasteiger partial charge in [-0.15, -0.1) is 0 Å². The monoisotopic (exact) mass is 394 g/mol. The number of aromatic carboxylic acids is 2. The number of hydrogen-bond donors (Lipinski definition) is 2. The summed E-state index contributed by atoms with van der Waals surface area (Å²) in [5.41, 5.74) is 3.85. The van der Waals surface area contributed by atoms with Crippen LogP contribution in [0.3, 0.4) is 0 Å². The molecule has 0 saturated carbocycles. The summed E-state index contributed by atoms with van der Waals surface area (Å²) in [6, 6.07) is 29.5. The van der Waals surface area contributed by atoms with Gasteiger partial charge >= 0.3 is 11.9 Å². The number of benzene rings is 4. The molecule has 0 aromatic heterocycles. The minimum atomic E-state index is -1.27. The molecule has 4 rings (SSSR count). The summed E-state index contributed by atoms with van der Waals surface area (Å²) in [5.74, 6) is -2.55. The zero-order valence-electron chi connectivity index (χ0n) is 15.9. The summed E-state index contributed by atoms with van der Waals surface area (Å²) < 4.78 is 0. The molecule has 146 valence electrons. The predicted molar refractivity (Wildman–Crippen MR) is 117 cm³/mol. The molecule has 0 amide bonds. The van der Waals surface area contributed by atoms with E-state index in [4.69, 9.17) is 0 Å². The van der Waals surface area contributed by atoms with Crippen LogP contribution in [0.25, 0.3) is 33.4 Å². The van der Waals surface area contributed by atoms with Gasteiger partial charge in [-0.3, -0.25) is 0 Å². The maximum absolute atomic E-state index is 12.3. The molecule has 4 aromatic carbocycles. The van der Waals surface area contributed by atoms with Gasteiger partial charge in [0.1, 0.15) is 0 Å². The molecule has 4 heteroatoms. The van der Waals surface area contributed by atoms with Crippen LogP contribution in [0.2, 0.25) is 0 Å². The Hall–Kier alpha value is -4.18. The van der Waals surface area contributed by atoms with Gasteiger partial charge in [-0.2, -0.15) is 0 Å². The Balaban J connectivity index is 2.13. The van der Waals surface area contributed by atoms with E-state index in [0.29, 0.717) is 16.7 Å². The first kappa shape index (κ1) is 19.2. The highest BCUT2D eigenvalue weighted by atomic mass is 16.4. The van der Waals surface area contributed by atoms with Gasteiger partial charge in [0, 0.05) is 5.56 Å². The Morgan fingerprint density at radius 2 is 1.00 bits per heavy atom. The molecule has 0 heterocycles. The van der Waals surface area contributed by atoms with Crippen LogP contribution in [-0.2, 0) is 0 Å². The SMILES string of the molecule is O=C(O)c1ccc(-c2ccccc2)c(-c2ccccc2-c2ccccc2)c1C(=O)O. The van der Waals surface area contributed by atoms with E-state index in [9.17, 15) is 19.8 Å². The quantitative estimate of drug-likeness (QED) is 0.430. The summed E-state index contributed by atoms with van der Waals surface area (Å²) in [5, 5.41) is 19.7. The van der Waals surface area contributed by atoms with Gasteiger partial charge < -0.3 is 10.2 Å². The molecule has 0 radical (unpaired) electrons. The first-order valence-corrected chi connectivity index (χ1v) is 9.41. The zero-order valence-corrected chi connectivity index (χ0v) is 15.9. The van der Waals surface area contributed by atoms with Crippen molar-refractivity contribution in [1.29, 1.82) is 0 Å². The van der Waals surface area contributed by atoms with Crippen LogP contribution < -0.4 is 0 Å². The second-order valence-electron chi connectivity index (χ2n) is 6.80. The molecule has 0 aliphatic heterocycles. The van der Waals surface area contributed by atoms with Crippen LogP contribution >= 0.6 is 0 Å². The smallest absolute Gasteiger partial charge is 0.337 e. The topological polar surface area (TPSA) is 74.6 Å². The van der Waals surface area contributed by atoms with Crippen molar-refractivity contribution in [3.05, 3.63) is 108 Å². The van der Waals surface area contributed by atoms with Crippen molar-refractivity contribution in [1.82, 2.24) is 0 Å². The molecule has 30 heavy (non-hydrogen) atoms. The molecule has 2 N–H and O–H groups in total. The van der Waals surface area contributed by atoms with E-state index in [1.54, 1.807) is 6.07 Å². The van der Waals surface area contributed by atoms with Crippen molar-refractivity contribution in [2.75, 3.05) is 0 Å². The van der Waals surface area contributed by atoms with Crippen LogP contribution in [0, 0.1) is 0 Å². The molecule has 0 saturated heterocycles. The minimum absolute atomic E-state index is 0.216. The van der Waals surface area contributed by atoms with Gasteiger partial charge in [0.25, 0.3) is 0 Å².